The number of nitrogens with zero attached hydrogens (tertiary/aromatic N) is 6. The van der Waals surface area contributed by atoms with E-state index < -0.39 is 0 Å². The summed E-state index contributed by atoms with van der Waals surface area (Å²) in [6.07, 6.45) is 6.80. The highest BCUT2D eigenvalue weighted by atomic mass is 15.0. The maximum absolute atomic E-state index is 5.27. The summed E-state index contributed by atoms with van der Waals surface area (Å²) >= 11 is 0. The van der Waals surface area contributed by atoms with Crippen LogP contribution in [0.25, 0.3) is 189 Å². The van der Waals surface area contributed by atoms with Gasteiger partial charge in [-0.25, -0.2) is 15.0 Å². The van der Waals surface area contributed by atoms with Gasteiger partial charge in [0, 0.05) is 71.4 Å². The summed E-state index contributed by atoms with van der Waals surface area (Å²) in [5.74, 6) is 1.83. The molecule has 15 aromatic carbocycles. The van der Waals surface area contributed by atoms with E-state index in [0.717, 1.165) is 143 Å². The number of benzene rings is 15. The first-order valence-corrected chi connectivity index (χ1v) is 38.9. The maximum atomic E-state index is 5.27. The first-order chi connectivity index (χ1) is 55.0. The smallest absolute Gasteiger partial charge is 0.164 e. The fourth-order valence-corrected chi connectivity index (χ4v) is 18.7. The highest BCUT2D eigenvalue weighted by Crippen LogP contribution is 2.55. The fourth-order valence-electron chi connectivity index (χ4n) is 18.7. The van der Waals surface area contributed by atoms with Crippen LogP contribution in [-0.4, -0.2) is 28.7 Å². The van der Waals surface area contributed by atoms with E-state index in [0.29, 0.717) is 17.5 Å². The van der Waals surface area contributed by atoms with Gasteiger partial charge in [0.15, 0.2) is 17.5 Å². The molecule has 0 saturated heterocycles. The molecular formula is C106H76N6. The first-order valence-electron chi connectivity index (χ1n) is 38.9. The van der Waals surface area contributed by atoms with Crippen molar-refractivity contribution in [2.45, 2.75) is 45.4 Å². The standard InChI is InChI=1S/C106H76N6/c1-6-7-42-77-84-63-71(67-31-12-8-13-32-67)54-58-93(84)110(76-56-60-95-87(66-76)100-97(61-57-82-78-43-21-24-48-88(78)106(4,5)101(82)100)111(95)75-41-28-40-74(62-75)104-108-102(69-35-16-10-17-36-69)107-103(109-104)70-37-18-11-19-38-70)92-52-27-23-44-79(92)80-46-29-47-81-85-64-72(68-33-14-9-15-34-68)55-59-94(85)112(91-51-26-20-39-73(91)65-86(77)98(80)81)96-53-30-50-90-99(96)83-45-22-25-49-89(83)105(90,2)3/h6-66H,1-5H3/b7-6-,77-42-,86-65?. The van der Waals surface area contributed by atoms with E-state index in [1.54, 1.807) is 0 Å². The lowest BCUT2D eigenvalue weighted by Gasteiger charge is -2.22. The number of para-hydroxylation sites is 2. The van der Waals surface area contributed by atoms with Gasteiger partial charge in [0.25, 0.3) is 0 Å². The van der Waals surface area contributed by atoms with Crippen LogP contribution in [-0.2, 0) is 10.8 Å². The third-order valence-electron chi connectivity index (χ3n) is 23.8. The molecule has 0 spiro atoms. The average molecular weight is 1430 g/mol. The van der Waals surface area contributed by atoms with Crippen molar-refractivity contribution in [1.29, 1.82) is 0 Å². The van der Waals surface area contributed by atoms with Crippen LogP contribution in [0.3, 0.4) is 0 Å². The fraction of sp³-hybridized carbons (Fsp3) is 0.0660. The topological polar surface area (TPSA) is 53.5 Å². The Morgan fingerprint density at radius 2 is 0.759 bits per heavy atom. The number of allylic oxidation sites excluding steroid dienone is 2. The van der Waals surface area contributed by atoms with Gasteiger partial charge in [0.05, 0.1) is 38.8 Å². The molecule has 0 unspecified atom stereocenters. The van der Waals surface area contributed by atoms with E-state index in [1.807, 2.05) is 36.4 Å². The summed E-state index contributed by atoms with van der Waals surface area (Å²) in [4.78, 5) is 15.6. The second-order valence-electron chi connectivity index (χ2n) is 30.9. The zero-order valence-corrected chi connectivity index (χ0v) is 62.9. The van der Waals surface area contributed by atoms with Crippen LogP contribution in [0.5, 0.6) is 0 Å². The molecule has 19 aromatic rings. The van der Waals surface area contributed by atoms with Gasteiger partial charge in [-0.3, -0.25) is 0 Å². The van der Waals surface area contributed by atoms with E-state index in [9.17, 15) is 0 Å². The van der Waals surface area contributed by atoms with Crippen LogP contribution >= 0.6 is 0 Å². The predicted octanol–water partition coefficient (Wildman–Crippen LogP) is 26.7. The summed E-state index contributed by atoms with van der Waals surface area (Å²) in [6, 6.07) is 130. The van der Waals surface area contributed by atoms with Gasteiger partial charge in [-0.05, 0) is 185 Å². The number of hydrogen-bond donors (Lipinski definition) is 0. The number of hydrogen-bond acceptors (Lipinski definition) is 3. The van der Waals surface area contributed by atoms with Crippen LogP contribution < -0.4 is 5.22 Å². The largest absolute Gasteiger partial charge is 0.309 e. The molecule has 0 fully saturated rings. The summed E-state index contributed by atoms with van der Waals surface area (Å²) in [5, 5.41) is 12.3. The Labute approximate surface area is 650 Å². The van der Waals surface area contributed by atoms with Gasteiger partial charge in [0.1, 0.15) is 0 Å². The lowest BCUT2D eigenvalue weighted by Crippen LogP contribution is -2.15. The SMILES string of the molecule is C/C=C\C=c1/c2cc3ccccc3n(-c3cccc4c3-c3ccccc3C4(C)C)c3ccc(-c4ccccc4)cc3c3cccc(c4ccccc4n(-c4ccc5c(c4)c4c6c(ccc4n5-c4cccc(-c5nc(-c7ccccc7)nc(-c7ccccc7)n5)c4)-c4ccccc4C6(C)C)c4ccc(-c5ccccc5)cc14)c23. The van der Waals surface area contributed by atoms with Gasteiger partial charge < -0.3 is 13.7 Å². The number of aromatic nitrogens is 6. The third-order valence-corrected chi connectivity index (χ3v) is 23.8. The zero-order chi connectivity index (χ0) is 74.9. The minimum atomic E-state index is -0.362. The molecule has 21 rings (SSSR count). The van der Waals surface area contributed by atoms with Crippen LogP contribution in [0, 0.1) is 0 Å². The molecule has 0 bridgehead atoms. The molecule has 2 aliphatic carbocycles. The molecule has 530 valence electrons. The first kappa shape index (κ1) is 66.2. The van der Waals surface area contributed by atoms with Crippen molar-refractivity contribution in [3.8, 4) is 95.7 Å². The van der Waals surface area contributed by atoms with Crippen LogP contribution in [0.1, 0.15) is 56.9 Å². The van der Waals surface area contributed by atoms with E-state index in [2.05, 4.69) is 382 Å². The molecule has 0 radical (unpaired) electrons. The molecule has 6 heteroatoms. The minimum Gasteiger partial charge on any atom is -0.309 e. The van der Waals surface area contributed by atoms with Gasteiger partial charge in [-0.1, -0.05) is 313 Å². The second kappa shape index (κ2) is 26.1. The number of rotatable bonds is 9. The van der Waals surface area contributed by atoms with Crippen molar-refractivity contribution in [2.75, 3.05) is 0 Å². The van der Waals surface area contributed by atoms with E-state index in [-0.39, 0.29) is 10.8 Å². The second-order valence-corrected chi connectivity index (χ2v) is 30.9. The van der Waals surface area contributed by atoms with E-state index >= 15 is 0 Å². The molecule has 112 heavy (non-hydrogen) atoms. The lowest BCUT2D eigenvalue weighted by molar-refractivity contribution is 0.660. The molecule has 4 aromatic heterocycles. The molecule has 6 nitrogen and oxygen atoms in total. The van der Waals surface area contributed by atoms with Crippen LogP contribution in [0.4, 0.5) is 0 Å². The molecule has 4 heterocycles. The summed E-state index contributed by atoms with van der Waals surface area (Å²) in [6.45, 7) is 11.7. The summed E-state index contributed by atoms with van der Waals surface area (Å²) in [7, 11) is 0. The Kier molecular flexibility index (Phi) is 15.4. The quantitative estimate of drug-likeness (QED) is 0.145. The van der Waals surface area contributed by atoms with Crippen LogP contribution in [0.2, 0.25) is 0 Å². The minimum absolute atomic E-state index is 0.232. The lowest BCUT2D eigenvalue weighted by atomic mass is 9.80. The summed E-state index contributed by atoms with van der Waals surface area (Å²) < 4.78 is 7.63. The van der Waals surface area contributed by atoms with Crippen molar-refractivity contribution in [3.63, 3.8) is 0 Å². The highest BCUT2D eigenvalue weighted by molar-refractivity contribution is 6.25. The Bertz CT molecular complexity index is 7300. The zero-order valence-electron chi connectivity index (χ0n) is 62.9. The van der Waals surface area contributed by atoms with E-state index in [1.165, 1.54) is 49.9 Å². The van der Waals surface area contributed by atoms with Gasteiger partial charge in [-0.2, -0.15) is 0 Å². The Hall–Kier alpha value is -14.1. The third kappa shape index (κ3) is 10.4. The van der Waals surface area contributed by atoms with Gasteiger partial charge >= 0.3 is 0 Å². The van der Waals surface area contributed by atoms with Gasteiger partial charge in [-0.15, -0.1) is 0 Å². The molecule has 0 atom stereocenters. The maximum Gasteiger partial charge on any atom is 0.164 e. The monoisotopic (exact) mass is 1430 g/mol. The van der Waals surface area contributed by atoms with Crippen molar-refractivity contribution in [3.05, 3.63) is 391 Å². The summed E-state index contributed by atoms with van der Waals surface area (Å²) in [5.41, 5.74) is 26.6. The Morgan fingerprint density at radius 1 is 0.277 bits per heavy atom. The van der Waals surface area contributed by atoms with E-state index in [4.69, 9.17) is 15.0 Å². The molecule has 0 amide bonds. The Morgan fingerprint density at radius 3 is 1.45 bits per heavy atom. The van der Waals surface area contributed by atoms with Gasteiger partial charge in [0.2, 0.25) is 0 Å². The van der Waals surface area contributed by atoms with Crippen molar-refractivity contribution in [2.24, 2.45) is 0 Å². The number of fused-ring (bicyclic) bond motifs is 16. The average Bonchev–Trinajstić information content (AvgIpc) is 1.54. The van der Waals surface area contributed by atoms with Crippen molar-refractivity contribution >= 4 is 93.0 Å². The molecule has 0 N–H and O–H groups in total. The van der Waals surface area contributed by atoms with Crippen molar-refractivity contribution in [1.82, 2.24) is 28.7 Å². The molecule has 0 saturated carbocycles. The molecule has 2 aliphatic rings. The predicted molar refractivity (Wildman–Crippen MR) is 470 cm³/mol. The Balaban J connectivity index is 0.917. The highest BCUT2D eigenvalue weighted by Gasteiger charge is 2.40. The van der Waals surface area contributed by atoms with Crippen LogP contribution in [0.15, 0.2) is 364 Å². The normalized spacial score (nSPS) is 13.4. The van der Waals surface area contributed by atoms with Crippen molar-refractivity contribution < 1.29 is 0 Å². The molecular weight excluding hydrogens is 1360 g/mol. The molecule has 0 aliphatic heterocycles.